The predicted molar refractivity (Wildman–Crippen MR) is 92.8 cm³/mol. The fourth-order valence-corrected chi connectivity index (χ4v) is 2.87. The predicted octanol–water partition coefficient (Wildman–Crippen LogP) is 3.08. The van der Waals surface area contributed by atoms with Crippen molar-refractivity contribution in [1.82, 2.24) is 10.2 Å². The summed E-state index contributed by atoms with van der Waals surface area (Å²) in [6.45, 7) is 8.15. The van der Waals surface area contributed by atoms with E-state index in [1.54, 1.807) is 0 Å². The Balaban J connectivity index is 1.80. The van der Waals surface area contributed by atoms with Crippen LogP contribution in [0.5, 0.6) is 0 Å². The summed E-state index contributed by atoms with van der Waals surface area (Å²) in [5.74, 6) is 0. The Morgan fingerprint density at radius 2 is 1.48 bits per heavy atom. The van der Waals surface area contributed by atoms with E-state index < -0.39 is 7.12 Å². The number of rotatable bonds is 1. The molecule has 116 valence electrons. The van der Waals surface area contributed by atoms with Crippen LogP contribution in [0.15, 0.2) is 42.5 Å². The van der Waals surface area contributed by atoms with Crippen molar-refractivity contribution in [2.75, 3.05) is 0 Å². The number of fused-ring (bicyclic) bond motifs is 3. The fraction of sp³-hybridized carbons (Fsp3) is 0.333. The van der Waals surface area contributed by atoms with Gasteiger partial charge in [-0.1, -0.05) is 36.4 Å². The molecule has 0 saturated carbocycles. The van der Waals surface area contributed by atoms with Gasteiger partial charge in [0.25, 0.3) is 0 Å². The molecule has 3 aromatic rings. The second-order valence-corrected chi connectivity index (χ2v) is 7.08. The van der Waals surface area contributed by atoms with Gasteiger partial charge in [-0.3, -0.25) is 0 Å². The average molecular weight is 306 g/mol. The fourth-order valence-electron chi connectivity index (χ4n) is 2.87. The van der Waals surface area contributed by atoms with Gasteiger partial charge in [0.15, 0.2) is 0 Å². The lowest BCUT2D eigenvalue weighted by molar-refractivity contribution is 0.00578. The van der Waals surface area contributed by atoms with Crippen LogP contribution >= 0.6 is 0 Å². The molecule has 0 amide bonds. The summed E-state index contributed by atoms with van der Waals surface area (Å²) in [4.78, 5) is 0. The van der Waals surface area contributed by atoms with Crippen molar-refractivity contribution in [3.63, 3.8) is 0 Å². The van der Waals surface area contributed by atoms with Gasteiger partial charge in [-0.2, -0.15) is 10.2 Å². The molecule has 1 fully saturated rings. The van der Waals surface area contributed by atoms with Crippen molar-refractivity contribution in [3.05, 3.63) is 42.5 Å². The molecule has 4 rings (SSSR count). The molecule has 0 atom stereocenters. The zero-order valence-electron chi connectivity index (χ0n) is 13.8. The number of hydrogen-bond donors (Lipinski definition) is 0. The van der Waals surface area contributed by atoms with Crippen molar-refractivity contribution < 1.29 is 9.31 Å². The molecule has 1 aromatic heterocycles. The van der Waals surface area contributed by atoms with Gasteiger partial charge in [0.2, 0.25) is 0 Å². The smallest absolute Gasteiger partial charge is 0.398 e. The monoisotopic (exact) mass is 306 g/mol. The molecule has 0 N–H and O–H groups in total. The molecule has 23 heavy (non-hydrogen) atoms. The number of aromatic nitrogens is 2. The number of benzene rings is 2. The van der Waals surface area contributed by atoms with E-state index in [1.165, 1.54) is 0 Å². The molecule has 0 unspecified atom stereocenters. The first-order valence-electron chi connectivity index (χ1n) is 7.88. The molecule has 1 saturated heterocycles. The van der Waals surface area contributed by atoms with Crippen LogP contribution in [0.4, 0.5) is 0 Å². The maximum Gasteiger partial charge on any atom is 0.516 e. The van der Waals surface area contributed by atoms with Crippen LogP contribution in [0.2, 0.25) is 0 Å². The average Bonchev–Trinajstić information content (AvgIpc) is 2.75. The highest BCUT2D eigenvalue weighted by molar-refractivity contribution is 6.61. The summed E-state index contributed by atoms with van der Waals surface area (Å²) in [7, 11) is -0.483. The Bertz CT molecular complexity index is 892. The van der Waals surface area contributed by atoms with Gasteiger partial charge in [0.05, 0.1) is 16.8 Å². The van der Waals surface area contributed by atoms with Crippen LogP contribution in [0.3, 0.4) is 0 Å². The molecule has 1 aliphatic heterocycles. The lowest BCUT2D eigenvalue weighted by Gasteiger charge is -2.32. The molecular weight excluding hydrogens is 287 g/mol. The van der Waals surface area contributed by atoms with Crippen LogP contribution in [-0.2, 0) is 9.31 Å². The van der Waals surface area contributed by atoms with E-state index >= 15 is 0 Å². The highest BCUT2D eigenvalue weighted by atomic mass is 16.7. The van der Waals surface area contributed by atoms with Crippen LogP contribution in [0.1, 0.15) is 27.7 Å². The molecule has 2 aromatic carbocycles. The Labute approximate surface area is 136 Å². The first kappa shape index (κ1) is 14.6. The van der Waals surface area contributed by atoms with E-state index in [-0.39, 0.29) is 11.2 Å². The largest absolute Gasteiger partial charge is 0.516 e. The van der Waals surface area contributed by atoms with Gasteiger partial charge in [-0.05, 0) is 39.1 Å². The summed E-state index contributed by atoms with van der Waals surface area (Å²) in [5, 5.41) is 12.1. The lowest BCUT2D eigenvalue weighted by atomic mass is 9.84. The van der Waals surface area contributed by atoms with Gasteiger partial charge in [-0.15, -0.1) is 0 Å². The van der Waals surface area contributed by atoms with E-state index in [0.29, 0.717) is 5.59 Å². The van der Waals surface area contributed by atoms with Crippen molar-refractivity contribution in [2.24, 2.45) is 0 Å². The standard InChI is InChI=1S/C18H19BN2O2/c1-17(2)18(3,4)23-19(22-17)15-11-13-10-9-12-7-5-6-8-14(12)16(13)21-20-15/h5-11H,1-4H3. The summed E-state index contributed by atoms with van der Waals surface area (Å²) >= 11 is 0. The van der Waals surface area contributed by atoms with Gasteiger partial charge < -0.3 is 9.31 Å². The second kappa shape index (κ2) is 4.76. The molecule has 0 radical (unpaired) electrons. The van der Waals surface area contributed by atoms with Gasteiger partial charge >= 0.3 is 7.12 Å². The minimum absolute atomic E-state index is 0.377. The topological polar surface area (TPSA) is 44.2 Å². The molecule has 0 bridgehead atoms. The van der Waals surface area contributed by atoms with Crippen molar-refractivity contribution in [2.45, 2.75) is 38.9 Å². The third-order valence-electron chi connectivity index (χ3n) is 5.00. The van der Waals surface area contributed by atoms with Gasteiger partial charge in [0.1, 0.15) is 5.52 Å². The minimum atomic E-state index is -0.483. The third-order valence-corrected chi connectivity index (χ3v) is 5.00. The van der Waals surface area contributed by atoms with Crippen molar-refractivity contribution >= 4 is 34.4 Å². The highest BCUT2D eigenvalue weighted by Crippen LogP contribution is 2.36. The quantitative estimate of drug-likeness (QED) is 0.512. The molecule has 0 spiro atoms. The van der Waals surface area contributed by atoms with Crippen LogP contribution in [-0.4, -0.2) is 28.5 Å². The Kier molecular flexibility index (Phi) is 3.02. The number of nitrogens with zero attached hydrogens (tertiary/aromatic N) is 2. The van der Waals surface area contributed by atoms with Crippen LogP contribution < -0.4 is 5.59 Å². The van der Waals surface area contributed by atoms with E-state index in [9.17, 15) is 0 Å². The van der Waals surface area contributed by atoms with Gasteiger partial charge in [0, 0.05) is 10.8 Å². The molecular formula is C18H19BN2O2. The van der Waals surface area contributed by atoms with Crippen LogP contribution in [0.25, 0.3) is 21.7 Å². The first-order chi connectivity index (χ1) is 10.9. The number of hydrogen-bond acceptors (Lipinski definition) is 4. The first-order valence-corrected chi connectivity index (χ1v) is 7.88. The molecule has 0 aliphatic carbocycles. The van der Waals surface area contributed by atoms with E-state index in [2.05, 4.69) is 34.5 Å². The normalized spacial score (nSPS) is 19.6. The van der Waals surface area contributed by atoms with Gasteiger partial charge in [-0.25, -0.2) is 0 Å². The van der Waals surface area contributed by atoms with Crippen molar-refractivity contribution in [1.29, 1.82) is 0 Å². The maximum absolute atomic E-state index is 6.06. The summed E-state index contributed by atoms with van der Waals surface area (Å²) < 4.78 is 12.1. The Morgan fingerprint density at radius 3 is 2.22 bits per heavy atom. The van der Waals surface area contributed by atoms with E-state index in [0.717, 1.165) is 21.7 Å². The molecule has 1 aliphatic rings. The summed E-state index contributed by atoms with van der Waals surface area (Å²) in [6, 6.07) is 14.4. The zero-order valence-corrected chi connectivity index (χ0v) is 13.8. The third kappa shape index (κ3) is 2.23. The minimum Gasteiger partial charge on any atom is -0.398 e. The Morgan fingerprint density at radius 1 is 0.826 bits per heavy atom. The zero-order chi connectivity index (χ0) is 16.2. The van der Waals surface area contributed by atoms with Crippen molar-refractivity contribution in [3.8, 4) is 0 Å². The second-order valence-electron chi connectivity index (χ2n) is 7.08. The van der Waals surface area contributed by atoms with E-state index in [4.69, 9.17) is 9.31 Å². The summed E-state index contributed by atoms with van der Waals surface area (Å²) in [5.41, 5.74) is 0.866. The highest BCUT2D eigenvalue weighted by Gasteiger charge is 2.52. The SMILES string of the molecule is CC1(C)OB(c2cc3ccc4ccccc4c3nn2)OC1(C)C. The molecule has 2 heterocycles. The van der Waals surface area contributed by atoms with Crippen LogP contribution in [0, 0.1) is 0 Å². The molecule has 5 heteroatoms. The Hall–Kier alpha value is -1.98. The lowest BCUT2D eigenvalue weighted by Crippen LogP contribution is -2.41. The maximum atomic E-state index is 6.06. The van der Waals surface area contributed by atoms with E-state index in [1.807, 2.05) is 45.9 Å². The summed E-state index contributed by atoms with van der Waals surface area (Å²) in [6.07, 6.45) is 0. The molecule has 4 nitrogen and oxygen atoms in total.